The first kappa shape index (κ1) is 17.3. The Morgan fingerprint density at radius 3 is 2.52 bits per heavy atom. The van der Waals surface area contributed by atoms with E-state index in [-0.39, 0.29) is 22.3 Å². The lowest BCUT2D eigenvalue weighted by Crippen LogP contribution is -2.39. The Bertz CT molecular complexity index is 617. The molecule has 0 amide bonds. The standard InChI is InChI=1S/C11H19N5O4S/c1-8(7-15(2)3)14-21(19,20)11-5-4-9(16(17)18)6-10(11)13-12/h4-6,8,13-14H,7,12H2,1-3H3. The van der Waals surface area contributed by atoms with Crippen molar-refractivity contribution in [2.24, 2.45) is 5.84 Å². The second kappa shape index (κ2) is 6.80. The third-order valence-corrected chi connectivity index (χ3v) is 4.26. The molecule has 0 fully saturated rings. The molecule has 0 bridgehead atoms. The molecule has 1 rings (SSSR count). The summed E-state index contributed by atoms with van der Waals surface area (Å²) in [6.07, 6.45) is 0. The molecular weight excluding hydrogens is 298 g/mol. The van der Waals surface area contributed by atoms with Gasteiger partial charge in [-0.05, 0) is 27.1 Å². The van der Waals surface area contributed by atoms with Crippen LogP contribution >= 0.6 is 0 Å². The van der Waals surface area contributed by atoms with Crippen LogP contribution in [0, 0.1) is 10.1 Å². The van der Waals surface area contributed by atoms with Crippen LogP contribution in [0.3, 0.4) is 0 Å². The Labute approximate surface area is 123 Å². The van der Waals surface area contributed by atoms with Crippen molar-refractivity contribution in [3.8, 4) is 0 Å². The van der Waals surface area contributed by atoms with Crippen LogP contribution in [0.25, 0.3) is 0 Å². The fourth-order valence-corrected chi connectivity index (χ4v) is 3.28. The zero-order valence-electron chi connectivity index (χ0n) is 12.0. The molecule has 1 aromatic rings. The van der Waals surface area contributed by atoms with E-state index < -0.39 is 14.9 Å². The number of benzene rings is 1. The molecule has 10 heteroatoms. The number of non-ortho nitro benzene ring substituents is 1. The van der Waals surface area contributed by atoms with Crippen LogP contribution in [-0.2, 0) is 10.0 Å². The van der Waals surface area contributed by atoms with Crippen LogP contribution in [0.15, 0.2) is 23.1 Å². The van der Waals surface area contributed by atoms with E-state index in [1.165, 1.54) is 0 Å². The average Bonchev–Trinajstić information content (AvgIpc) is 2.35. The molecule has 0 heterocycles. The van der Waals surface area contributed by atoms with Crippen molar-refractivity contribution in [1.82, 2.24) is 9.62 Å². The first-order valence-corrected chi connectivity index (χ1v) is 7.58. The van der Waals surface area contributed by atoms with Crippen LogP contribution in [-0.4, -0.2) is 44.9 Å². The normalized spacial score (nSPS) is 13.2. The van der Waals surface area contributed by atoms with E-state index in [0.29, 0.717) is 6.54 Å². The first-order valence-electron chi connectivity index (χ1n) is 6.09. The Morgan fingerprint density at radius 1 is 1.43 bits per heavy atom. The van der Waals surface area contributed by atoms with E-state index in [0.717, 1.165) is 18.2 Å². The Balaban J connectivity index is 3.10. The zero-order valence-corrected chi connectivity index (χ0v) is 12.8. The van der Waals surface area contributed by atoms with E-state index >= 15 is 0 Å². The monoisotopic (exact) mass is 317 g/mol. The fraction of sp³-hybridized carbons (Fsp3) is 0.455. The van der Waals surface area contributed by atoms with Gasteiger partial charge < -0.3 is 10.3 Å². The predicted octanol–water partition coefficient (Wildman–Crippen LogP) is 0.109. The van der Waals surface area contributed by atoms with E-state index in [2.05, 4.69) is 10.1 Å². The van der Waals surface area contributed by atoms with Crippen molar-refractivity contribution < 1.29 is 13.3 Å². The van der Waals surface area contributed by atoms with Gasteiger partial charge in [-0.3, -0.25) is 16.0 Å². The quantitative estimate of drug-likeness (QED) is 0.369. The highest BCUT2D eigenvalue weighted by Gasteiger charge is 2.23. The number of likely N-dealkylation sites (N-methyl/N-ethyl adjacent to an activating group) is 1. The third-order valence-electron chi connectivity index (χ3n) is 2.61. The first-order chi connectivity index (χ1) is 9.67. The molecule has 0 saturated carbocycles. The number of rotatable bonds is 7. The van der Waals surface area contributed by atoms with E-state index in [1.807, 2.05) is 19.0 Å². The van der Waals surface area contributed by atoms with Gasteiger partial charge in [-0.1, -0.05) is 0 Å². The minimum absolute atomic E-state index is 0.0336. The maximum absolute atomic E-state index is 12.3. The topological polar surface area (TPSA) is 131 Å². The molecule has 0 aromatic heterocycles. The number of nitrogens with two attached hydrogens (primary N) is 1. The minimum atomic E-state index is -3.83. The van der Waals surface area contributed by atoms with E-state index in [9.17, 15) is 18.5 Å². The molecular formula is C11H19N5O4S. The summed E-state index contributed by atoms with van der Waals surface area (Å²) in [7, 11) is -0.186. The van der Waals surface area contributed by atoms with Gasteiger partial charge in [-0.15, -0.1) is 0 Å². The average molecular weight is 317 g/mol. The van der Waals surface area contributed by atoms with Crippen molar-refractivity contribution >= 4 is 21.4 Å². The van der Waals surface area contributed by atoms with Crippen LogP contribution in [0.4, 0.5) is 11.4 Å². The number of nitrogens with zero attached hydrogens (tertiary/aromatic N) is 2. The molecule has 0 aliphatic rings. The summed E-state index contributed by atoms with van der Waals surface area (Å²) < 4.78 is 27.1. The number of sulfonamides is 1. The highest BCUT2D eigenvalue weighted by Crippen LogP contribution is 2.25. The molecule has 1 atom stereocenters. The van der Waals surface area contributed by atoms with Gasteiger partial charge in [0.15, 0.2) is 0 Å². The van der Waals surface area contributed by atoms with Crippen LogP contribution in [0.1, 0.15) is 6.92 Å². The molecule has 118 valence electrons. The molecule has 0 aliphatic carbocycles. The summed E-state index contributed by atoms with van der Waals surface area (Å²) in [5.41, 5.74) is 1.90. The second-order valence-corrected chi connectivity index (χ2v) is 6.55. The zero-order chi connectivity index (χ0) is 16.2. The summed E-state index contributed by atoms with van der Waals surface area (Å²) in [5, 5.41) is 10.7. The number of nitro groups is 1. The number of nitrogen functional groups attached to an aromatic ring is 1. The third kappa shape index (κ3) is 4.63. The number of hydrazine groups is 1. The molecule has 9 nitrogen and oxygen atoms in total. The van der Waals surface area contributed by atoms with Gasteiger partial charge in [0.2, 0.25) is 10.0 Å². The van der Waals surface area contributed by atoms with Gasteiger partial charge in [0, 0.05) is 24.7 Å². The smallest absolute Gasteiger partial charge is 0.271 e. The van der Waals surface area contributed by atoms with Gasteiger partial charge in [0.05, 0.1) is 10.6 Å². The van der Waals surface area contributed by atoms with Gasteiger partial charge in [0.25, 0.3) is 5.69 Å². The highest BCUT2D eigenvalue weighted by atomic mass is 32.2. The van der Waals surface area contributed by atoms with Crippen molar-refractivity contribution in [3.05, 3.63) is 28.3 Å². The molecule has 0 radical (unpaired) electrons. The maximum Gasteiger partial charge on any atom is 0.271 e. The lowest BCUT2D eigenvalue weighted by molar-refractivity contribution is -0.384. The van der Waals surface area contributed by atoms with Crippen LogP contribution in [0.5, 0.6) is 0 Å². The van der Waals surface area contributed by atoms with Crippen LogP contribution < -0.4 is 16.0 Å². The number of hydrogen-bond acceptors (Lipinski definition) is 7. The molecule has 21 heavy (non-hydrogen) atoms. The number of anilines is 1. The van der Waals surface area contributed by atoms with Crippen molar-refractivity contribution in [2.45, 2.75) is 17.9 Å². The highest BCUT2D eigenvalue weighted by molar-refractivity contribution is 7.89. The number of nitrogens with one attached hydrogen (secondary N) is 2. The van der Waals surface area contributed by atoms with E-state index in [4.69, 9.17) is 5.84 Å². The van der Waals surface area contributed by atoms with Gasteiger partial charge in [-0.25, -0.2) is 13.1 Å². The Kier molecular flexibility index (Phi) is 5.61. The predicted molar refractivity (Wildman–Crippen MR) is 79.2 cm³/mol. The van der Waals surface area contributed by atoms with Crippen LogP contribution in [0.2, 0.25) is 0 Å². The maximum atomic E-state index is 12.3. The molecule has 0 saturated heterocycles. The lowest BCUT2D eigenvalue weighted by atomic mass is 10.3. The molecule has 1 aromatic carbocycles. The minimum Gasteiger partial charge on any atom is -0.323 e. The van der Waals surface area contributed by atoms with Crippen molar-refractivity contribution in [1.29, 1.82) is 0 Å². The Hall–Kier alpha value is -1.75. The summed E-state index contributed by atoms with van der Waals surface area (Å²) >= 11 is 0. The van der Waals surface area contributed by atoms with Gasteiger partial charge in [-0.2, -0.15) is 0 Å². The molecule has 1 unspecified atom stereocenters. The summed E-state index contributed by atoms with van der Waals surface area (Å²) in [4.78, 5) is 11.8. The SMILES string of the molecule is CC(CN(C)C)NS(=O)(=O)c1ccc([N+](=O)[O-])cc1NN. The summed E-state index contributed by atoms with van der Waals surface area (Å²) in [6.45, 7) is 2.23. The fourth-order valence-electron chi connectivity index (χ4n) is 1.89. The van der Waals surface area contributed by atoms with Gasteiger partial charge >= 0.3 is 0 Å². The summed E-state index contributed by atoms with van der Waals surface area (Å²) in [6, 6.07) is 3.01. The summed E-state index contributed by atoms with van der Waals surface area (Å²) in [5.74, 6) is 5.25. The number of hydrogen-bond donors (Lipinski definition) is 3. The van der Waals surface area contributed by atoms with Crippen molar-refractivity contribution in [2.75, 3.05) is 26.1 Å². The molecule has 4 N–H and O–H groups in total. The molecule has 0 spiro atoms. The lowest BCUT2D eigenvalue weighted by Gasteiger charge is -2.19. The van der Waals surface area contributed by atoms with Crippen molar-refractivity contribution in [3.63, 3.8) is 0 Å². The van der Waals surface area contributed by atoms with E-state index in [1.54, 1.807) is 6.92 Å². The van der Waals surface area contributed by atoms with Gasteiger partial charge in [0.1, 0.15) is 4.90 Å². The molecule has 0 aliphatic heterocycles. The largest absolute Gasteiger partial charge is 0.323 e. The Morgan fingerprint density at radius 2 is 2.05 bits per heavy atom. The second-order valence-electron chi connectivity index (χ2n) is 4.87. The number of nitro benzene ring substituents is 1.